The van der Waals surface area contributed by atoms with Crippen LogP contribution >= 0.6 is 0 Å². The third-order valence-electron chi connectivity index (χ3n) is 7.22. The summed E-state index contributed by atoms with van der Waals surface area (Å²) in [5, 5.41) is 0. The fourth-order valence-corrected chi connectivity index (χ4v) is 6.02. The van der Waals surface area contributed by atoms with E-state index >= 15 is 0 Å². The number of hydrogen-bond donors (Lipinski definition) is 0. The van der Waals surface area contributed by atoms with E-state index in [1.165, 1.54) is 5.57 Å². The number of Topliss-reactive ketones (excluding diaryl/α,β-unsaturated/α-hetero) is 1. The van der Waals surface area contributed by atoms with Crippen LogP contribution in [-0.2, 0) is 9.59 Å². The largest absolute Gasteiger partial charge is 0.299 e. The van der Waals surface area contributed by atoms with Gasteiger partial charge in [0, 0.05) is 22.4 Å². The number of fused-ring (bicyclic) bond motifs is 5. The van der Waals surface area contributed by atoms with E-state index in [4.69, 9.17) is 4.11 Å². The lowest BCUT2D eigenvalue weighted by Gasteiger charge is -2.56. The summed E-state index contributed by atoms with van der Waals surface area (Å²) in [4.78, 5) is 24.5. The summed E-state index contributed by atoms with van der Waals surface area (Å²) in [7, 11) is 0. The minimum absolute atomic E-state index is 0.00672. The number of carbonyl (C=O) groups is 2. The fourth-order valence-electron chi connectivity index (χ4n) is 6.02. The Kier molecular flexibility index (Phi) is 2.20. The SMILES string of the molecule is [2H]C([2H])([2H])[C@]12CC[C@H]3[C@@H](CCC4=CC(=O)CC[C@@]43C)[C@@H]1CCC2=O. The second kappa shape index (κ2) is 4.30. The second-order valence-corrected chi connectivity index (χ2v) is 7.94. The highest BCUT2D eigenvalue weighted by Crippen LogP contribution is 2.64. The highest BCUT2D eigenvalue weighted by atomic mass is 16.1. The molecule has 114 valence electrons. The van der Waals surface area contributed by atoms with Crippen molar-refractivity contribution in [3.8, 4) is 0 Å². The summed E-state index contributed by atoms with van der Waals surface area (Å²) < 4.78 is 24.3. The van der Waals surface area contributed by atoms with Crippen LogP contribution in [0.5, 0.6) is 0 Å². The van der Waals surface area contributed by atoms with Crippen LogP contribution in [-0.4, -0.2) is 11.6 Å². The Morgan fingerprint density at radius 3 is 2.67 bits per heavy atom. The zero-order valence-electron chi connectivity index (χ0n) is 15.8. The predicted molar refractivity (Wildman–Crippen MR) is 81.7 cm³/mol. The van der Waals surface area contributed by atoms with Crippen molar-refractivity contribution in [2.24, 2.45) is 28.6 Å². The van der Waals surface area contributed by atoms with Crippen LogP contribution in [0.2, 0.25) is 0 Å². The molecule has 0 bridgehead atoms. The van der Waals surface area contributed by atoms with Crippen LogP contribution in [0.15, 0.2) is 11.6 Å². The molecule has 2 nitrogen and oxygen atoms in total. The van der Waals surface area contributed by atoms with Crippen molar-refractivity contribution in [2.75, 3.05) is 0 Å². The number of allylic oxidation sites excluding steroid dienone is 1. The third-order valence-corrected chi connectivity index (χ3v) is 7.22. The van der Waals surface area contributed by atoms with E-state index in [1.54, 1.807) is 0 Å². The van der Waals surface area contributed by atoms with Crippen molar-refractivity contribution < 1.29 is 13.7 Å². The zero-order chi connectivity index (χ0) is 17.3. The maximum Gasteiger partial charge on any atom is 0.155 e. The van der Waals surface area contributed by atoms with Crippen molar-refractivity contribution in [1.29, 1.82) is 0 Å². The smallest absolute Gasteiger partial charge is 0.155 e. The third kappa shape index (κ3) is 1.71. The summed E-state index contributed by atoms with van der Waals surface area (Å²) in [5.74, 6) is 0.978. The maximum atomic E-state index is 12.6. The monoisotopic (exact) mass is 289 g/mol. The molecule has 0 aliphatic heterocycles. The standard InChI is InChI=1S/C19H26O2/c1-18-9-7-13(20)11-12(18)3-4-14-15-5-6-17(21)19(15,2)10-8-16(14)18/h11,14-16H,3-10H2,1-2H3/t14-,15-,16-,18-,19-/m0/s1/i2D3. The molecular weight excluding hydrogens is 260 g/mol. The molecule has 0 heterocycles. The fraction of sp³-hybridized carbons (Fsp3) is 0.789. The Bertz CT molecular complexity index is 635. The summed E-state index contributed by atoms with van der Waals surface area (Å²) in [5.41, 5.74) is 0.227. The summed E-state index contributed by atoms with van der Waals surface area (Å²) in [6, 6.07) is 0. The van der Waals surface area contributed by atoms with Crippen molar-refractivity contribution in [3.05, 3.63) is 11.6 Å². The van der Waals surface area contributed by atoms with Crippen molar-refractivity contribution in [3.63, 3.8) is 0 Å². The van der Waals surface area contributed by atoms with E-state index in [2.05, 4.69) is 6.92 Å². The number of hydrogen-bond acceptors (Lipinski definition) is 2. The first kappa shape index (κ1) is 10.7. The van der Waals surface area contributed by atoms with Gasteiger partial charge in [-0.05, 0) is 67.8 Å². The molecule has 3 fully saturated rings. The molecule has 2 heteroatoms. The topological polar surface area (TPSA) is 34.1 Å². The van der Waals surface area contributed by atoms with E-state index < -0.39 is 12.3 Å². The van der Waals surface area contributed by atoms with Gasteiger partial charge in [-0.25, -0.2) is 0 Å². The number of carbonyl (C=O) groups excluding carboxylic acids is 2. The van der Waals surface area contributed by atoms with Gasteiger partial charge in [0.25, 0.3) is 0 Å². The number of ketones is 2. The van der Waals surface area contributed by atoms with E-state index in [-0.39, 0.29) is 22.9 Å². The zero-order valence-corrected chi connectivity index (χ0v) is 12.8. The molecule has 3 saturated carbocycles. The van der Waals surface area contributed by atoms with E-state index in [9.17, 15) is 9.59 Å². The van der Waals surface area contributed by atoms with Gasteiger partial charge in [0.05, 0.1) is 0 Å². The molecule has 5 atom stereocenters. The van der Waals surface area contributed by atoms with Gasteiger partial charge in [0.15, 0.2) is 5.78 Å². The van der Waals surface area contributed by atoms with Crippen LogP contribution in [0.1, 0.15) is 69.3 Å². The Balaban J connectivity index is 1.74. The van der Waals surface area contributed by atoms with Crippen molar-refractivity contribution in [2.45, 2.75) is 65.1 Å². The Morgan fingerprint density at radius 1 is 1.05 bits per heavy atom. The predicted octanol–water partition coefficient (Wildman–Crippen LogP) is 4.09. The molecular formula is C19H26O2. The van der Waals surface area contributed by atoms with E-state index in [0.717, 1.165) is 32.1 Å². The average Bonchev–Trinajstić information content (AvgIpc) is 2.86. The molecule has 0 radical (unpaired) electrons. The average molecular weight is 289 g/mol. The van der Waals surface area contributed by atoms with Crippen LogP contribution < -0.4 is 0 Å². The highest BCUT2D eigenvalue weighted by Gasteiger charge is 2.58. The van der Waals surface area contributed by atoms with Gasteiger partial charge in [0.2, 0.25) is 0 Å². The quantitative estimate of drug-likeness (QED) is 0.673. The maximum absolute atomic E-state index is 12.6. The Hall–Kier alpha value is -0.920. The molecule has 4 rings (SSSR count). The molecule has 4 aliphatic rings. The lowest BCUT2D eigenvalue weighted by Crippen LogP contribution is -2.50. The van der Waals surface area contributed by atoms with Crippen molar-refractivity contribution in [1.82, 2.24) is 0 Å². The summed E-state index contributed by atoms with van der Waals surface area (Å²) in [6.45, 7) is 0.0942. The normalized spacial score (nSPS) is 52.0. The van der Waals surface area contributed by atoms with Crippen LogP contribution in [0, 0.1) is 28.6 Å². The van der Waals surface area contributed by atoms with Crippen LogP contribution in [0.4, 0.5) is 0 Å². The van der Waals surface area contributed by atoms with Gasteiger partial charge in [-0.2, -0.15) is 0 Å². The first-order chi connectivity index (χ1) is 11.2. The molecule has 0 N–H and O–H groups in total. The Labute approximate surface area is 131 Å². The van der Waals surface area contributed by atoms with Gasteiger partial charge < -0.3 is 0 Å². The number of rotatable bonds is 0. The molecule has 0 unspecified atom stereocenters. The van der Waals surface area contributed by atoms with Gasteiger partial charge in [-0.1, -0.05) is 19.3 Å². The van der Waals surface area contributed by atoms with Gasteiger partial charge in [-0.3, -0.25) is 9.59 Å². The first-order valence-corrected chi connectivity index (χ1v) is 8.47. The van der Waals surface area contributed by atoms with E-state index in [0.29, 0.717) is 31.1 Å². The van der Waals surface area contributed by atoms with Crippen molar-refractivity contribution >= 4 is 11.6 Å². The van der Waals surface area contributed by atoms with Gasteiger partial charge in [-0.15, -0.1) is 0 Å². The van der Waals surface area contributed by atoms with Gasteiger partial charge in [0.1, 0.15) is 5.78 Å². The lowest BCUT2D eigenvalue weighted by atomic mass is 9.47. The minimum atomic E-state index is -2.18. The highest BCUT2D eigenvalue weighted by molar-refractivity contribution is 5.91. The minimum Gasteiger partial charge on any atom is -0.299 e. The van der Waals surface area contributed by atoms with Crippen LogP contribution in [0.3, 0.4) is 0 Å². The van der Waals surface area contributed by atoms with Crippen LogP contribution in [0.25, 0.3) is 0 Å². The molecule has 0 aromatic heterocycles. The molecule has 0 aromatic carbocycles. The molecule has 0 amide bonds. The van der Waals surface area contributed by atoms with E-state index in [1.807, 2.05) is 6.08 Å². The first-order valence-electron chi connectivity index (χ1n) is 9.97. The summed E-state index contributed by atoms with van der Waals surface area (Å²) >= 11 is 0. The molecule has 0 aromatic rings. The van der Waals surface area contributed by atoms with Gasteiger partial charge >= 0.3 is 0 Å². The molecule has 0 saturated heterocycles. The summed E-state index contributed by atoms with van der Waals surface area (Å²) in [6.07, 6.45) is 7.69. The molecule has 0 spiro atoms. The molecule has 21 heavy (non-hydrogen) atoms. The second-order valence-electron chi connectivity index (χ2n) is 7.94. The Morgan fingerprint density at radius 2 is 1.86 bits per heavy atom. The lowest BCUT2D eigenvalue weighted by molar-refractivity contribution is -0.132. The molecule has 4 aliphatic carbocycles.